The average molecular weight is 368 g/mol. The molecule has 1 aromatic heterocycles. The molecular formula is C16H19BrFN3O. The van der Waals surface area contributed by atoms with Gasteiger partial charge in [-0.1, -0.05) is 6.92 Å². The van der Waals surface area contributed by atoms with Crippen LogP contribution >= 0.6 is 15.9 Å². The van der Waals surface area contributed by atoms with E-state index in [2.05, 4.69) is 26.3 Å². The quantitative estimate of drug-likeness (QED) is 0.879. The van der Waals surface area contributed by atoms with Gasteiger partial charge in [-0.05, 0) is 60.0 Å². The molecule has 0 aliphatic heterocycles. The predicted octanol–water partition coefficient (Wildman–Crippen LogP) is 3.47. The Bertz CT molecular complexity index is 684. The number of carbonyl (C=O) groups excluding carboxylic acids is 1. The van der Waals surface area contributed by atoms with Crippen LogP contribution in [-0.2, 0) is 6.54 Å². The third kappa shape index (κ3) is 4.16. The standard InChI is InChI=1S/C16H19BrFN3O/c1-10(9-21-12(3)6-11(2)20-21)8-19-16(22)14-7-13(18)4-5-15(14)17/h4-7,10H,8-9H2,1-3H3,(H,19,22)/t10-/m0/s1. The minimum Gasteiger partial charge on any atom is -0.352 e. The summed E-state index contributed by atoms with van der Waals surface area (Å²) < 4.78 is 15.7. The molecule has 0 aliphatic carbocycles. The van der Waals surface area contributed by atoms with Gasteiger partial charge in [-0.2, -0.15) is 5.10 Å². The van der Waals surface area contributed by atoms with Gasteiger partial charge in [0, 0.05) is 23.3 Å². The molecule has 118 valence electrons. The van der Waals surface area contributed by atoms with Gasteiger partial charge in [0.2, 0.25) is 0 Å². The Hall–Kier alpha value is -1.69. The normalized spacial score (nSPS) is 12.2. The van der Waals surface area contributed by atoms with Gasteiger partial charge in [0.25, 0.3) is 5.91 Å². The Morgan fingerprint density at radius 3 is 2.77 bits per heavy atom. The zero-order valence-corrected chi connectivity index (χ0v) is 14.4. The van der Waals surface area contributed by atoms with Crippen molar-refractivity contribution in [2.24, 2.45) is 5.92 Å². The van der Waals surface area contributed by atoms with Crippen LogP contribution in [0.4, 0.5) is 4.39 Å². The van der Waals surface area contributed by atoms with Crippen molar-refractivity contribution < 1.29 is 9.18 Å². The maximum Gasteiger partial charge on any atom is 0.252 e. The number of rotatable bonds is 5. The van der Waals surface area contributed by atoms with E-state index in [1.807, 2.05) is 31.5 Å². The minimum absolute atomic E-state index is 0.217. The lowest BCUT2D eigenvalue weighted by molar-refractivity contribution is 0.0945. The summed E-state index contributed by atoms with van der Waals surface area (Å²) in [4.78, 5) is 12.1. The van der Waals surface area contributed by atoms with Crippen LogP contribution in [0.25, 0.3) is 0 Å². The molecule has 0 aliphatic rings. The highest BCUT2D eigenvalue weighted by atomic mass is 79.9. The molecule has 22 heavy (non-hydrogen) atoms. The molecule has 0 radical (unpaired) electrons. The lowest BCUT2D eigenvalue weighted by Gasteiger charge is -2.14. The van der Waals surface area contributed by atoms with E-state index >= 15 is 0 Å². The summed E-state index contributed by atoms with van der Waals surface area (Å²) in [7, 11) is 0. The van der Waals surface area contributed by atoms with E-state index in [1.165, 1.54) is 18.2 Å². The number of halogens is 2. The monoisotopic (exact) mass is 367 g/mol. The van der Waals surface area contributed by atoms with Gasteiger partial charge in [-0.15, -0.1) is 0 Å². The zero-order chi connectivity index (χ0) is 16.3. The van der Waals surface area contributed by atoms with Gasteiger partial charge in [-0.25, -0.2) is 4.39 Å². The molecule has 1 aromatic carbocycles. The topological polar surface area (TPSA) is 46.9 Å². The van der Waals surface area contributed by atoms with Gasteiger partial charge in [0.1, 0.15) is 5.82 Å². The first kappa shape index (κ1) is 16.7. The van der Waals surface area contributed by atoms with Crippen molar-refractivity contribution in [2.45, 2.75) is 27.3 Å². The first-order valence-corrected chi connectivity index (χ1v) is 7.90. The van der Waals surface area contributed by atoms with Crippen LogP contribution in [-0.4, -0.2) is 22.2 Å². The van der Waals surface area contributed by atoms with Gasteiger partial charge in [0.15, 0.2) is 0 Å². The highest BCUT2D eigenvalue weighted by molar-refractivity contribution is 9.10. The first-order valence-electron chi connectivity index (χ1n) is 7.11. The van der Waals surface area contributed by atoms with E-state index in [-0.39, 0.29) is 11.8 Å². The lowest BCUT2D eigenvalue weighted by Crippen LogP contribution is -2.30. The molecule has 1 atom stereocenters. The van der Waals surface area contributed by atoms with Crippen molar-refractivity contribution in [3.63, 3.8) is 0 Å². The molecule has 0 saturated heterocycles. The molecule has 1 amide bonds. The van der Waals surface area contributed by atoms with E-state index in [9.17, 15) is 9.18 Å². The molecule has 1 N–H and O–H groups in total. The van der Waals surface area contributed by atoms with Crippen molar-refractivity contribution in [3.8, 4) is 0 Å². The number of nitrogens with zero attached hydrogens (tertiary/aromatic N) is 2. The fourth-order valence-corrected chi connectivity index (χ4v) is 2.68. The lowest BCUT2D eigenvalue weighted by atomic mass is 10.1. The van der Waals surface area contributed by atoms with Crippen LogP contribution in [0.3, 0.4) is 0 Å². The Morgan fingerprint density at radius 1 is 1.41 bits per heavy atom. The summed E-state index contributed by atoms with van der Waals surface area (Å²) in [6, 6.07) is 6.09. The number of aromatic nitrogens is 2. The van der Waals surface area contributed by atoms with Crippen molar-refractivity contribution >= 4 is 21.8 Å². The summed E-state index contributed by atoms with van der Waals surface area (Å²) >= 11 is 3.26. The van der Waals surface area contributed by atoms with Crippen LogP contribution in [0.1, 0.15) is 28.7 Å². The third-order valence-electron chi connectivity index (χ3n) is 3.37. The summed E-state index contributed by atoms with van der Waals surface area (Å²) in [5, 5.41) is 7.24. The van der Waals surface area contributed by atoms with Crippen molar-refractivity contribution in [3.05, 3.63) is 51.5 Å². The van der Waals surface area contributed by atoms with Crippen LogP contribution in [0.5, 0.6) is 0 Å². The molecule has 0 unspecified atom stereocenters. The van der Waals surface area contributed by atoms with Crippen LogP contribution in [0, 0.1) is 25.6 Å². The van der Waals surface area contributed by atoms with E-state index < -0.39 is 5.82 Å². The van der Waals surface area contributed by atoms with Crippen molar-refractivity contribution in [1.29, 1.82) is 0 Å². The van der Waals surface area contributed by atoms with Gasteiger partial charge >= 0.3 is 0 Å². The van der Waals surface area contributed by atoms with E-state index in [0.717, 1.165) is 17.9 Å². The SMILES string of the molecule is Cc1cc(C)n(C[C@@H](C)CNC(=O)c2cc(F)ccc2Br)n1. The fourth-order valence-electron chi connectivity index (χ4n) is 2.25. The van der Waals surface area contributed by atoms with Crippen LogP contribution in [0.2, 0.25) is 0 Å². The second-order valence-electron chi connectivity index (χ2n) is 5.55. The molecule has 1 heterocycles. The maximum absolute atomic E-state index is 13.2. The predicted molar refractivity (Wildman–Crippen MR) is 87.3 cm³/mol. The molecule has 0 spiro atoms. The maximum atomic E-state index is 13.2. The van der Waals surface area contributed by atoms with E-state index in [1.54, 1.807) is 0 Å². The summed E-state index contributed by atoms with van der Waals surface area (Å²) in [6.07, 6.45) is 0. The Balaban J connectivity index is 1.93. The Labute approximate surface area is 137 Å². The number of benzene rings is 1. The molecule has 0 saturated carbocycles. The second-order valence-corrected chi connectivity index (χ2v) is 6.40. The second kappa shape index (κ2) is 7.05. The smallest absolute Gasteiger partial charge is 0.252 e. The first-order chi connectivity index (χ1) is 10.4. The highest BCUT2D eigenvalue weighted by Gasteiger charge is 2.13. The number of aryl methyl sites for hydroxylation is 2. The highest BCUT2D eigenvalue weighted by Crippen LogP contribution is 2.17. The largest absolute Gasteiger partial charge is 0.352 e. The number of hydrogen-bond donors (Lipinski definition) is 1. The van der Waals surface area contributed by atoms with Gasteiger partial charge in [-0.3, -0.25) is 9.48 Å². The third-order valence-corrected chi connectivity index (χ3v) is 4.06. The molecule has 2 aromatic rings. The van der Waals surface area contributed by atoms with Gasteiger partial charge < -0.3 is 5.32 Å². The molecule has 6 heteroatoms. The van der Waals surface area contributed by atoms with Crippen LogP contribution in [0.15, 0.2) is 28.7 Å². The summed E-state index contributed by atoms with van der Waals surface area (Å²) in [5.41, 5.74) is 2.39. The van der Waals surface area contributed by atoms with Crippen molar-refractivity contribution in [2.75, 3.05) is 6.54 Å². The van der Waals surface area contributed by atoms with E-state index in [4.69, 9.17) is 0 Å². The Morgan fingerprint density at radius 2 is 2.14 bits per heavy atom. The molecular weight excluding hydrogens is 349 g/mol. The van der Waals surface area contributed by atoms with E-state index in [0.29, 0.717) is 16.6 Å². The minimum atomic E-state index is -0.427. The summed E-state index contributed by atoms with van der Waals surface area (Å²) in [6.45, 7) is 7.23. The zero-order valence-electron chi connectivity index (χ0n) is 12.9. The molecule has 4 nitrogen and oxygen atoms in total. The van der Waals surface area contributed by atoms with Crippen molar-refractivity contribution in [1.82, 2.24) is 15.1 Å². The number of hydrogen-bond acceptors (Lipinski definition) is 2. The van der Waals surface area contributed by atoms with Gasteiger partial charge in [0.05, 0.1) is 11.3 Å². The number of amides is 1. The molecule has 0 bridgehead atoms. The summed E-state index contributed by atoms with van der Waals surface area (Å²) in [5.74, 6) is -0.495. The average Bonchev–Trinajstić information content (AvgIpc) is 2.77. The molecule has 0 fully saturated rings. The molecule has 2 rings (SSSR count). The number of carbonyl (C=O) groups is 1. The number of nitrogens with one attached hydrogen (secondary N) is 1. The fraction of sp³-hybridized carbons (Fsp3) is 0.375. The Kier molecular flexibility index (Phi) is 5.34. The van der Waals surface area contributed by atoms with Crippen LogP contribution < -0.4 is 5.32 Å².